The molecule has 9 heteroatoms. The van der Waals surface area contributed by atoms with Gasteiger partial charge >= 0.3 is 5.97 Å². The van der Waals surface area contributed by atoms with Crippen molar-refractivity contribution in [2.75, 3.05) is 5.32 Å². The Kier molecular flexibility index (Phi) is 5.78. The van der Waals surface area contributed by atoms with Gasteiger partial charge in [0.25, 0.3) is 5.91 Å². The fourth-order valence-electron chi connectivity index (χ4n) is 2.10. The maximum absolute atomic E-state index is 13.0. The number of thiazole rings is 1. The number of ether oxygens (including phenoxy) is 1. The van der Waals surface area contributed by atoms with Gasteiger partial charge in [-0.05, 0) is 43.3 Å². The summed E-state index contributed by atoms with van der Waals surface area (Å²) in [5.41, 5.74) is 1.52. The minimum absolute atomic E-state index is 0.151. The van der Waals surface area contributed by atoms with Crippen molar-refractivity contribution in [1.29, 1.82) is 0 Å². The molecular weight excluding hydrogens is 393 g/mol. The van der Waals surface area contributed by atoms with Gasteiger partial charge in [0, 0.05) is 17.1 Å². The van der Waals surface area contributed by atoms with Crippen LogP contribution in [-0.4, -0.2) is 27.9 Å². The van der Waals surface area contributed by atoms with E-state index >= 15 is 0 Å². The fraction of sp³-hybridized carbons (Fsp3) is 0.111. The van der Waals surface area contributed by atoms with Gasteiger partial charge < -0.3 is 4.74 Å². The molecule has 3 aromatic rings. The van der Waals surface area contributed by atoms with Crippen LogP contribution in [0, 0.1) is 5.82 Å². The highest BCUT2D eigenvalue weighted by Crippen LogP contribution is 2.25. The summed E-state index contributed by atoms with van der Waals surface area (Å²) in [6, 6.07) is 8.65. The first kappa shape index (κ1) is 18.9. The van der Waals surface area contributed by atoms with Crippen LogP contribution in [0.15, 0.2) is 48.0 Å². The lowest BCUT2D eigenvalue weighted by molar-refractivity contribution is -0.123. The van der Waals surface area contributed by atoms with Crippen LogP contribution in [0.5, 0.6) is 0 Å². The summed E-state index contributed by atoms with van der Waals surface area (Å²) in [7, 11) is 0. The minimum atomic E-state index is -1.04. The number of hydrogen-bond donors (Lipinski definition) is 1. The summed E-state index contributed by atoms with van der Waals surface area (Å²) in [6.45, 7) is 1.45. The number of halogens is 2. The molecule has 6 nitrogen and oxygen atoms in total. The highest BCUT2D eigenvalue weighted by Gasteiger charge is 2.20. The van der Waals surface area contributed by atoms with Crippen molar-refractivity contribution in [2.45, 2.75) is 13.0 Å². The Morgan fingerprint density at radius 1 is 1.26 bits per heavy atom. The smallest absolute Gasteiger partial charge is 0.339 e. The molecule has 27 heavy (non-hydrogen) atoms. The lowest BCUT2D eigenvalue weighted by Crippen LogP contribution is -2.30. The van der Waals surface area contributed by atoms with Gasteiger partial charge in [-0.2, -0.15) is 0 Å². The van der Waals surface area contributed by atoms with Gasteiger partial charge in [0.2, 0.25) is 0 Å². The average Bonchev–Trinajstić information content (AvgIpc) is 3.10. The predicted molar refractivity (Wildman–Crippen MR) is 100 cm³/mol. The monoisotopic (exact) mass is 405 g/mol. The van der Waals surface area contributed by atoms with Crippen molar-refractivity contribution in [2.24, 2.45) is 0 Å². The van der Waals surface area contributed by atoms with E-state index in [0.717, 1.165) is 5.56 Å². The molecule has 0 radical (unpaired) electrons. The van der Waals surface area contributed by atoms with Gasteiger partial charge in [-0.15, -0.1) is 11.3 Å². The number of pyridine rings is 1. The van der Waals surface area contributed by atoms with Gasteiger partial charge in [0.15, 0.2) is 11.2 Å². The molecule has 1 atom stereocenters. The van der Waals surface area contributed by atoms with Crippen LogP contribution in [0.25, 0.3) is 11.3 Å². The molecule has 2 heterocycles. The number of hydrogen-bond acceptors (Lipinski definition) is 6. The Hall–Kier alpha value is -2.84. The first-order valence-corrected chi connectivity index (χ1v) is 9.03. The van der Waals surface area contributed by atoms with Crippen LogP contribution < -0.4 is 5.32 Å². The molecule has 1 unspecified atom stereocenters. The number of rotatable bonds is 5. The molecule has 138 valence electrons. The van der Waals surface area contributed by atoms with Crippen molar-refractivity contribution in [3.05, 3.63) is 64.5 Å². The second kappa shape index (κ2) is 8.24. The van der Waals surface area contributed by atoms with E-state index in [-0.39, 0.29) is 16.5 Å². The van der Waals surface area contributed by atoms with E-state index in [0.29, 0.717) is 10.8 Å². The van der Waals surface area contributed by atoms with Crippen molar-refractivity contribution in [1.82, 2.24) is 9.97 Å². The Labute approximate surface area is 163 Å². The zero-order chi connectivity index (χ0) is 19.4. The quantitative estimate of drug-likeness (QED) is 0.508. The zero-order valence-electron chi connectivity index (χ0n) is 14.0. The van der Waals surface area contributed by atoms with E-state index in [1.165, 1.54) is 48.7 Å². The molecule has 1 N–H and O–H groups in total. The largest absolute Gasteiger partial charge is 0.449 e. The second-order valence-corrected chi connectivity index (χ2v) is 6.69. The first-order chi connectivity index (χ1) is 12.9. The van der Waals surface area contributed by atoms with Crippen LogP contribution in [0.1, 0.15) is 17.3 Å². The molecule has 0 aliphatic heterocycles. The number of anilines is 1. The van der Waals surface area contributed by atoms with Crippen molar-refractivity contribution in [3.63, 3.8) is 0 Å². The zero-order valence-corrected chi connectivity index (χ0v) is 15.6. The van der Waals surface area contributed by atoms with Crippen molar-refractivity contribution < 1.29 is 18.7 Å². The van der Waals surface area contributed by atoms with Crippen LogP contribution >= 0.6 is 22.9 Å². The Balaban J connectivity index is 1.61. The van der Waals surface area contributed by atoms with Gasteiger partial charge in [-0.3, -0.25) is 10.1 Å². The molecule has 1 amide bonds. The van der Waals surface area contributed by atoms with E-state index in [2.05, 4.69) is 15.3 Å². The number of benzene rings is 1. The highest BCUT2D eigenvalue weighted by molar-refractivity contribution is 7.14. The molecule has 0 fully saturated rings. The normalized spacial score (nSPS) is 11.7. The minimum Gasteiger partial charge on any atom is -0.449 e. The number of nitrogens with one attached hydrogen (secondary N) is 1. The van der Waals surface area contributed by atoms with Crippen LogP contribution in [0.3, 0.4) is 0 Å². The van der Waals surface area contributed by atoms with E-state index in [1.807, 2.05) is 0 Å². The van der Waals surface area contributed by atoms with E-state index < -0.39 is 18.0 Å². The standard InChI is InChI=1S/C18H13ClFN3O3S/c1-10(26-17(25)12-6-7-21-15(19)8-12)16(24)23-18-22-14(9-27-18)11-2-4-13(20)5-3-11/h2-10H,1H3,(H,22,23,24). The third-order valence-electron chi connectivity index (χ3n) is 3.49. The molecule has 0 saturated carbocycles. The van der Waals surface area contributed by atoms with Crippen LogP contribution in [0.2, 0.25) is 5.15 Å². The lowest BCUT2D eigenvalue weighted by Gasteiger charge is -2.12. The summed E-state index contributed by atoms with van der Waals surface area (Å²) in [5.74, 6) is -1.55. The first-order valence-electron chi connectivity index (χ1n) is 7.77. The molecule has 2 aromatic heterocycles. The second-order valence-electron chi connectivity index (χ2n) is 5.45. The lowest BCUT2D eigenvalue weighted by atomic mass is 10.2. The molecule has 0 spiro atoms. The third-order valence-corrected chi connectivity index (χ3v) is 4.45. The Morgan fingerprint density at radius 2 is 2.00 bits per heavy atom. The summed E-state index contributed by atoms with van der Waals surface area (Å²) in [4.78, 5) is 32.3. The number of aromatic nitrogens is 2. The Bertz CT molecular complexity index is 978. The fourth-order valence-corrected chi connectivity index (χ4v) is 3.00. The molecule has 0 aliphatic carbocycles. The highest BCUT2D eigenvalue weighted by atomic mass is 35.5. The number of carbonyl (C=O) groups is 2. The van der Waals surface area contributed by atoms with Crippen LogP contribution in [0.4, 0.5) is 9.52 Å². The van der Waals surface area contributed by atoms with E-state index in [4.69, 9.17) is 16.3 Å². The molecule has 0 saturated heterocycles. The van der Waals surface area contributed by atoms with E-state index in [1.54, 1.807) is 17.5 Å². The van der Waals surface area contributed by atoms with Crippen molar-refractivity contribution in [3.8, 4) is 11.3 Å². The predicted octanol–water partition coefficient (Wildman–Crippen LogP) is 4.18. The Morgan fingerprint density at radius 3 is 2.70 bits per heavy atom. The van der Waals surface area contributed by atoms with Gasteiger partial charge in [-0.1, -0.05) is 11.6 Å². The number of amides is 1. The maximum atomic E-state index is 13.0. The summed E-state index contributed by atoms with van der Waals surface area (Å²) in [6.07, 6.45) is 0.332. The molecule has 0 bridgehead atoms. The van der Waals surface area contributed by atoms with E-state index in [9.17, 15) is 14.0 Å². The number of carbonyl (C=O) groups excluding carboxylic acids is 2. The SMILES string of the molecule is CC(OC(=O)c1ccnc(Cl)c1)C(=O)Nc1nc(-c2ccc(F)cc2)cs1. The number of esters is 1. The van der Waals surface area contributed by atoms with Crippen LogP contribution in [-0.2, 0) is 9.53 Å². The molecule has 3 rings (SSSR count). The number of nitrogens with zero attached hydrogens (tertiary/aromatic N) is 2. The molecular formula is C18H13ClFN3O3S. The van der Waals surface area contributed by atoms with Gasteiger partial charge in [0.1, 0.15) is 11.0 Å². The van der Waals surface area contributed by atoms with Gasteiger partial charge in [-0.25, -0.2) is 19.2 Å². The molecule has 0 aliphatic rings. The topological polar surface area (TPSA) is 81.2 Å². The summed E-state index contributed by atoms with van der Waals surface area (Å²) >= 11 is 6.94. The summed E-state index contributed by atoms with van der Waals surface area (Å²) in [5, 5.41) is 4.82. The third kappa shape index (κ3) is 4.87. The maximum Gasteiger partial charge on any atom is 0.339 e. The average molecular weight is 406 g/mol. The van der Waals surface area contributed by atoms with Gasteiger partial charge in [0.05, 0.1) is 11.3 Å². The summed E-state index contributed by atoms with van der Waals surface area (Å²) < 4.78 is 18.1. The van der Waals surface area contributed by atoms with Crippen molar-refractivity contribution >= 4 is 39.9 Å². The molecule has 1 aromatic carbocycles.